The van der Waals surface area contributed by atoms with Crippen molar-refractivity contribution in [2.75, 3.05) is 24.2 Å². The minimum absolute atomic E-state index is 0.0513. The van der Waals surface area contributed by atoms with Gasteiger partial charge in [0.1, 0.15) is 18.3 Å². The van der Waals surface area contributed by atoms with Crippen molar-refractivity contribution in [1.29, 1.82) is 0 Å². The Labute approximate surface area is 222 Å². The highest BCUT2D eigenvalue weighted by molar-refractivity contribution is 14.1. The van der Waals surface area contributed by atoms with Gasteiger partial charge in [-0.15, -0.1) is 0 Å². The normalized spacial score (nSPS) is 13.0. The zero-order chi connectivity index (χ0) is 26.2. The molecule has 2 amide bonds. The average molecular weight is 616 g/mol. The molecule has 0 saturated heterocycles. The van der Waals surface area contributed by atoms with E-state index in [1.54, 1.807) is 43.5 Å². The molecule has 0 aliphatic heterocycles. The molecule has 8 nitrogen and oxygen atoms in total. The lowest BCUT2D eigenvalue weighted by Crippen LogP contribution is -2.53. The van der Waals surface area contributed by atoms with Crippen LogP contribution in [0.1, 0.15) is 39.2 Å². The summed E-state index contributed by atoms with van der Waals surface area (Å²) in [7, 11) is -2.20. The fraction of sp³-hybridized carbons (Fsp3) is 0.440. The van der Waals surface area contributed by atoms with E-state index in [0.717, 1.165) is 26.1 Å². The van der Waals surface area contributed by atoms with Gasteiger partial charge in [-0.25, -0.2) is 8.42 Å². The number of carbonyl (C=O) groups is 2. The van der Waals surface area contributed by atoms with Crippen molar-refractivity contribution >= 4 is 50.1 Å². The summed E-state index contributed by atoms with van der Waals surface area (Å²) in [6.45, 7) is 5.42. The maximum atomic E-state index is 13.7. The minimum Gasteiger partial charge on any atom is -0.497 e. The number of ether oxygens (including phenoxy) is 1. The van der Waals surface area contributed by atoms with Crippen LogP contribution in [0.3, 0.4) is 0 Å². The summed E-state index contributed by atoms with van der Waals surface area (Å²) in [5, 5.41) is 2.96. The zero-order valence-electron chi connectivity index (χ0n) is 20.8. The molecule has 0 unspecified atom stereocenters. The van der Waals surface area contributed by atoms with Gasteiger partial charge in [-0.05, 0) is 84.3 Å². The summed E-state index contributed by atoms with van der Waals surface area (Å²) in [5.74, 6) is -0.107. The van der Waals surface area contributed by atoms with Gasteiger partial charge < -0.3 is 15.0 Å². The van der Waals surface area contributed by atoms with E-state index in [0.29, 0.717) is 17.9 Å². The average Bonchev–Trinajstić information content (AvgIpc) is 2.82. The molecule has 0 aliphatic rings. The first-order valence-corrected chi connectivity index (χ1v) is 14.4. The number of sulfonamides is 1. The van der Waals surface area contributed by atoms with E-state index in [1.807, 2.05) is 32.9 Å². The molecule has 192 valence electrons. The number of halogens is 1. The Morgan fingerprint density at radius 3 is 2.29 bits per heavy atom. The lowest BCUT2D eigenvalue weighted by Gasteiger charge is -2.33. The highest BCUT2D eigenvalue weighted by atomic mass is 127. The van der Waals surface area contributed by atoms with Gasteiger partial charge in [-0.2, -0.15) is 0 Å². The fourth-order valence-corrected chi connectivity index (χ4v) is 4.76. The summed E-state index contributed by atoms with van der Waals surface area (Å²) < 4.78 is 32.6. The van der Waals surface area contributed by atoms with Crippen LogP contribution in [0.25, 0.3) is 0 Å². The molecule has 0 heterocycles. The SMILES string of the molecule is CC[C@@H](C)NC(=O)[C@H](CC)N(Cc1cccc(OC)c1)C(=O)CN(c1ccc(I)cc1)S(C)(=O)=O. The maximum absolute atomic E-state index is 13.7. The van der Waals surface area contributed by atoms with Crippen LogP contribution in [0.4, 0.5) is 5.69 Å². The van der Waals surface area contributed by atoms with Gasteiger partial charge in [-0.3, -0.25) is 13.9 Å². The number of carbonyl (C=O) groups excluding carboxylic acids is 2. The number of hydrogen-bond acceptors (Lipinski definition) is 5. The Morgan fingerprint density at radius 2 is 1.74 bits per heavy atom. The van der Waals surface area contributed by atoms with Gasteiger partial charge in [-0.1, -0.05) is 26.0 Å². The number of hydrogen-bond donors (Lipinski definition) is 1. The number of amides is 2. The maximum Gasteiger partial charge on any atom is 0.244 e. The lowest BCUT2D eigenvalue weighted by molar-refractivity contribution is -0.140. The highest BCUT2D eigenvalue weighted by Crippen LogP contribution is 2.22. The minimum atomic E-state index is -3.76. The predicted octanol–water partition coefficient (Wildman–Crippen LogP) is 3.79. The zero-order valence-corrected chi connectivity index (χ0v) is 23.8. The molecule has 2 aromatic carbocycles. The second-order valence-corrected chi connectivity index (χ2v) is 11.5. The number of methoxy groups -OCH3 is 1. The van der Waals surface area contributed by atoms with Crippen LogP contribution < -0.4 is 14.4 Å². The smallest absolute Gasteiger partial charge is 0.244 e. The van der Waals surface area contributed by atoms with Gasteiger partial charge in [0.25, 0.3) is 0 Å². The molecule has 2 atom stereocenters. The molecule has 2 rings (SSSR count). The summed E-state index contributed by atoms with van der Waals surface area (Å²) in [4.78, 5) is 28.3. The molecule has 0 saturated carbocycles. The molecule has 0 aromatic heterocycles. The second kappa shape index (κ2) is 13.1. The molecule has 35 heavy (non-hydrogen) atoms. The van der Waals surface area contributed by atoms with Crippen molar-refractivity contribution in [1.82, 2.24) is 10.2 Å². The van der Waals surface area contributed by atoms with Crippen molar-refractivity contribution in [2.24, 2.45) is 0 Å². The van der Waals surface area contributed by atoms with Crippen LogP contribution in [-0.4, -0.2) is 57.1 Å². The molecule has 2 aromatic rings. The van der Waals surface area contributed by atoms with Crippen molar-refractivity contribution in [3.8, 4) is 5.75 Å². The summed E-state index contributed by atoms with van der Waals surface area (Å²) in [6.07, 6.45) is 2.19. The summed E-state index contributed by atoms with van der Waals surface area (Å²) >= 11 is 2.13. The van der Waals surface area contributed by atoms with E-state index in [-0.39, 0.29) is 18.5 Å². The van der Waals surface area contributed by atoms with E-state index < -0.39 is 28.5 Å². The quantitative estimate of drug-likeness (QED) is 0.367. The van der Waals surface area contributed by atoms with E-state index in [2.05, 4.69) is 27.9 Å². The third-order valence-electron chi connectivity index (χ3n) is 5.67. The molecule has 10 heteroatoms. The van der Waals surface area contributed by atoms with Crippen molar-refractivity contribution < 1.29 is 22.7 Å². The number of anilines is 1. The molecular formula is C25H34IN3O5S. The van der Waals surface area contributed by atoms with Crippen LogP contribution in [0.15, 0.2) is 48.5 Å². The summed E-state index contributed by atoms with van der Waals surface area (Å²) in [6, 6.07) is 13.3. The summed E-state index contributed by atoms with van der Waals surface area (Å²) in [5.41, 5.74) is 1.16. The van der Waals surface area contributed by atoms with Crippen LogP contribution in [0, 0.1) is 3.57 Å². The Bertz CT molecular complexity index is 1110. The molecule has 0 spiro atoms. The van der Waals surface area contributed by atoms with Crippen LogP contribution in [-0.2, 0) is 26.2 Å². The van der Waals surface area contributed by atoms with E-state index >= 15 is 0 Å². The first-order chi connectivity index (χ1) is 16.5. The Kier molecular flexibility index (Phi) is 10.8. The topological polar surface area (TPSA) is 96.0 Å². The van der Waals surface area contributed by atoms with Crippen LogP contribution in [0.2, 0.25) is 0 Å². The van der Waals surface area contributed by atoms with E-state index in [4.69, 9.17) is 4.74 Å². The van der Waals surface area contributed by atoms with E-state index in [9.17, 15) is 18.0 Å². The number of nitrogens with one attached hydrogen (secondary N) is 1. The molecule has 0 radical (unpaired) electrons. The van der Waals surface area contributed by atoms with E-state index in [1.165, 1.54) is 4.90 Å². The first-order valence-electron chi connectivity index (χ1n) is 11.5. The number of rotatable bonds is 12. The number of benzene rings is 2. The largest absolute Gasteiger partial charge is 0.497 e. The Hall–Kier alpha value is -2.34. The number of nitrogens with zero attached hydrogens (tertiary/aromatic N) is 2. The third-order valence-corrected chi connectivity index (χ3v) is 7.53. The first kappa shape index (κ1) is 28.9. The lowest BCUT2D eigenvalue weighted by atomic mass is 10.1. The Morgan fingerprint density at radius 1 is 1.09 bits per heavy atom. The van der Waals surface area contributed by atoms with Gasteiger partial charge in [0.15, 0.2) is 0 Å². The van der Waals surface area contributed by atoms with Gasteiger partial charge in [0.05, 0.1) is 19.1 Å². The molecule has 0 aliphatic carbocycles. The molecule has 0 fully saturated rings. The highest BCUT2D eigenvalue weighted by Gasteiger charge is 2.32. The van der Waals surface area contributed by atoms with Crippen molar-refractivity contribution in [3.63, 3.8) is 0 Å². The molecule has 1 N–H and O–H groups in total. The van der Waals surface area contributed by atoms with Crippen molar-refractivity contribution in [2.45, 2.75) is 52.2 Å². The van der Waals surface area contributed by atoms with Gasteiger partial charge >= 0.3 is 0 Å². The third kappa shape index (κ3) is 8.38. The molecule has 0 bridgehead atoms. The van der Waals surface area contributed by atoms with Gasteiger partial charge in [0.2, 0.25) is 21.8 Å². The predicted molar refractivity (Wildman–Crippen MR) is 147 cm³/mol. The van der Waals surface area contributed by atoms with Crippen LogP contribution in [0.5, 0.6) is 5.75 Å². The fourth-order valence-electron chi connectivity index (χ4n) is 3.55. The van der Waals surface area contributed by atoms with Gasteiger partial charge in [0, 0.05) is 16.2 Å². The monoisotopic (exact) mass is 615 g/mol. The van der Waals surface area contributed by atoms with Crippen LogP contribution >= 0.6 is 22.6 Å². The Balaban J connectivity index is 2.44. The molecular weight excluding hydrogens is 581 g/mol. The van der Waals surface area contributed by atoms with Crippen molar-refractivity contribution in [3.05, 3.63) is 57.7 Å². The standard InChI is InChI=1S/C25H34IN3O5S/c1-6-18(3)27-25(31)23(7-2)28(16-19-9-8-10-22(15-19)34-4)24(30)17-29(35(5,32)33)21-13-11-20(26)12-14-21/h8-15,18,23H,6-7,16-17H2,1-5H3,(H,27,31)/t18-,23+/m1/s1. The second-order valence-electron chi connectivity index (χ2n) is 8.36.